The Morgan fingerprint density at radius 2 is 2.04 bits per heavy atom. The minimum atomic E-state index is -3.47. The molecule has 1 aromatic rings. The molecule has 2 fully saturated rings. The minimum absolute atomic E-state index is 0.276. The first-order valence-electron chi connectivity index (χ1n) is 8.15. The van der Waals surface area contributed by atoms with E-state index in [-0.39, 0.29) is 4.90 Å². The van der Waals surface area contributed by atoms with Gasteiger partial charge >= 0.3 is 0 Å². The van der Waals surface area contributed by atoms with E-state index in [9.17, 15) is 8.42 Å². The van der Waals surface area contributed by atoms with Crippen molar-refractivity contribution in [2.24, 2.45) is 0 Å². The monoisotopic (exact) mass is 358 g/mol. The predicted octanol–water partition coefficient (Wildman–Crippen LogP) is 2.22. The van der Waals surface area contributed by atoms with Crippen molar-refractivity contribution in [2.45, 2.75) is 30.3 Å². The molecule has 1 aromatic carbocycles. The second-order valence-corrected chi connectivity index (χ2v) is 8.53. The molecule has 0 saturated carbocycles. The zero-order valence-corrected chi connectivity index (χ0v) is 14.7. The number of nitrogens with zero attached hydrogens (tertiary/aromatic N) is 2. The molecule has 0 N–H and O–H groups in total. The van der Waals surface area contributed by atoms with Crippen LogP contribution in [0.1, 0.15) is 19.3 Å². The predicted molar refractivity (Wildman–Crippen MR) is 90.2 cm³/mol. The molecule has 3 rings (SSSR count). The van der Waals surface area contributed by atoms with Crippen molar-refractivity contribution in [3.8, 4) is 0 Å². The Hall–Kier alpha value is -0.660. The van der Waals surface area contributed by atoms with Gasteiger partial charge in [0.05, 0.1) is 11.0 Å². The third kappa shape index (κ3) is 4.25. The molecule has 5 nitrogen and oxygen atoms in total. The Labute approximate surface area is 143 Å². The van der Waals surface area contributed by atoms with Gasteiger partial charge in [0.1, 0.15) is 0 Å². The number of rotatable bonds is 4. The molecule has 23 heavy (non-hydrogen) atoms. The Bertz CT molecular complexity index is 632. The Morgan fingerprint density at radius 1 is 1.17 bits per heavy atom. The average molecular weight is 359 g/mol. The van der Waals surface area contributed by atoms with E-state index < -0.39 is 10.0 Å². The third-order valence-electron chi connectivity index (χ3n) is 4.47. The fraction of sp³-hybridized carbons (Fsp3) is 0.625. The number of hydrogen-bond donors (Lipinski definition) is 0. The smallest absolute Gasteiger partial charge is 0.243 e. The number of benzene rings is 1. The molecule has 2 aliphatic heterocycles. The van der Waals surface area contributed by atoms with E-state index in [1.54, 1.807) is 22.5 Å². The molecule has 0 aliphatic carbocycles. The zero-order valence-electron chi connectivity index (χ0n) is 13.2. The molecule has 0 bridgehead atoms. The molecule has 0 spiro atoms. The van der Waals surface area contributed by atoms with E-state index in [0.29, 0.717) is 24.2 Å². The third-order valence-corrected chi connectivity index (χ3v) is 6.60. The average Bonchev–Trinajstić information content (AvgIpc) is 2.91. The van der Waals surface area contributed by atoms with Gasteiger partial charge in [-0.1, -0.05) is 17.7 Å². The summed E-state index contributed by atoms with van der Waals surface area (Å²) in [6, 6.07) is 6.49. The highest BCUT2D eigenvalue weighted by Crippen LogP contribution is 2.21. The first kappa shape index (κ1) is 17.2. The van der Waals surface area contributed by atoms with Crippen molar-refractivity contribution in [1.29, 1.82) is 0 Å². The molecule has 1 unspecified atom stereocenters. The molecule has 0 radical (unpaired) electrons. The first-order valence-corrected chi connectivity index (χ1v) is 9.97. The maximum Gasteiger partial charge on any atom is 0.243 e. The first-order chi connectivity index (χ1) is 11.1. The molecule has 0 aromatic heterocycles. The van der Waals surface area contributed by atoms with Crippen LogP contribution in [0.3, 0.4) is 0 Å². The summed E-state index contributed by atoms with van der Waals surface area (Å²) in [4.78, 5) is 2.60. The second-order valence-electron chi connectivity index (χ2n) is 6.15. The number of halogens is 1. The summed E-state index contributed by atoms with van der Waals surface area (Å²) >= 11 is 5.94. The highest BCUT2D eigenvalue weighted by molar-refractivity contribution is 7.89. The van der Waals surface area contributed by atoms with Gasteiger partial charge in [0.15, 0.2) is 0 Å². The van der Waals surface area contributed by atoms with Crippen LogP contribution in [0.5, 0.6) is 0 Å². The van der Waals surface area contributed by atoms with Crippen LogP contribution < -0.4 is 0 Å². The maximum absolute atomic E-state index is 12.8. The standard InChI is InChI=1S/C16H23ClN2O3S/c17-14-4-1-6-16(12-14)23(20,21)19-8-3-7-18(9-10-19)13-15-5-2-11-22-15/h1,4,6,12,15H,2-3,5,7-11,13H2. The molecule has 1 atom stereocenters. The molecule has 2 saturated heterocycles. The van der Waals surface area contributed by atoms with E-state index in [4.69, 9.17) is 16.3 Å². The van der Waals surface area contributed by atoms with Crippen molar-refractivity contribution in [3.05, 3.63) is 29.3 Å². The van der Waals surface area contributed by atoms with Crippen LogP contribution in [-0.2, 0) is 14.8 Å². The van der Waals surface area contributed by atoms with Gasteiger partial charge in [-0.25, -0.2) is 8.42 Å². The molecule has 7 heteroatoms. The van der Waals surface area contributed by atoms with Gasteiger partial charge in [0, 0.05) is 37.8 Å². The Morgan fingerprint density at radius 3 is 2.78 bits per heavy atom. The van der Waals surface area contributed by atoms with Crippen LogP contribution in [0.25, 0.3) is 0 Å². The summed E-state index contributed by atoms with van der Waals surface area (Å²) < 4.78 is 32.8. The molecule has 2 heterocycles. The molecular formula is C16H23ClN2O3S. The van der Waals surface area contributed by atoms with Crippen LogP contribution in [-0.4, -0.2) is 63.1 Å². The van der Waals surface area contributed by atoms with Crippen LogP contribution in [0.2, 0.25) is 5.02 Å². The van der Waals surface area contributed by atoms with Crippen molar-refractivity contribution in [2.75, 3.05) is 39.3 Å². The van der Waals surface area contributed by atoms with Crippen LogP contribution >= 0.6 is 11.6 Å². The van der Waals surface area contributed by atoms with Crippen LogP contribution in [0, 0.1) is 0 Å². The lowest BCUT2D eigenvalue weighted by atomic mass is 10.2. The van der Waals surface area contributed by atoms with Crippen LogP contribution in [0.15, 0.2) is 29.2 Å². The Kier molecular flexibility index (Phi) is 5.59. The second kappa shape index (κ2) is 7.49. The summed E-state index contributed by atoms with van der Waals surface area (Å²) in [6.45, 7) is 4.50. The van der Waals surface area contributed by atoms with Gasteiger partial charge in [-0.15, -0.1) is 0 Å². The topological polar surface area (TPSA) is 49.9 Å². The number of ether oxygens (including phenoxy) is 1. The van der Waals surface area contributed by atoms with Gasteiger partial charge in [-0.2, -0.15) is 4.31 Å². The summed E-state index contributed by atoms with van der Waals surface area (Å²) in [5.41, 5.74) is 0. The molecule has 0 amide bonds. The molecule has 128 valence electrons. The van der Waals surface area contributed by atoms with Crippen molar-refractivity contribution >= 4 is 21.6 Å². The number of sulfonamides is 1. The van der Waals surface area contributed by atoms with Crippen molar-refractivity contribution in [3.63, 3.8) is 0 Å². The van der Waals surface area contributed by atoms with E-state index in [1.807, 2.05) is 0 Å². The SMILES string of the molecule is O=S(=O)(c1cccc(Cl)c1)N1CCCN(CC2CCCO2)CC1. The van der Waals surface area contributed by atoms with Gasteiger partial charge in [0.25, 0.3) is 0 Å². The zero-order chi connectivity index (χ0) is 16.3. The summed E-state index contributed by atoms with van der Waals surface area (Å²) in [6.07, 6.45) is 3.40. The van der Waals surface area contributed by atoms with E-state index in [2.05, 4.69) is 4.90 Å². The minimum Gasteiger partial charge on any atom is -0.377 e. The van der Waals surface area contributed by atoms with Crippen molar-refractivity contribution < 1.29 is 13.2 Å². The largest absolute Gasteiger partial charge is 0.377 e. The van der Waals surface area contributed by atoms with Gasteiger partial charge in [0.2, 0.25) is 10.0 Å². The highest BCUT2D eigenvalue weighted by atomic mass is 35.5. The molecule has 2 aliphatic rings. The Balaban J connectivity index is 1.64. The maximum atomic E-state index is 12.8. The van der Waals surface area contributed by atoms with E-state index in [0.717, 1.165) is 45.5 Å². The van der Waals surface area contributed by atoms with Crippen molar-refractivity contribution in [1.82, 2.24) is 9.21 Å². The molecular weight excluding hydrogens is 336 g/mol. The highest BCUT2D eigenvalue weighted by Gasteiger charge is 2.28. The fourth-order valence-corrected chi connectivity index (χ4v) is 4.99. The quantitative estimate of drug-likeness (QED) is 0.828. The fourth-order valence-electron chi connectivity index (χ4n) is 3.22. The summed E-state index contributed by atoms with van der Waals surface area (Å²) in [5, 5.41) is 0.445. The van der Waals surface area contributed by atoms with Gasteiger partial charge in [-0.05, 0) is 44.0 Å². The van der Waals surface area contributed by atoms with E-state index in [1.165, 1.54) is 6.07 Å². The normalized spacial score (nSPS) is 24.7. The summed E-state index contributed by atoms with van der Waals surface area (Å²) in [5.74, 6) is 0. The van der Waals surface area contributed by atoms with Gasteiger partial charge in [-0.3, -0.25) is 4.90 Å². The van der Waals surface area contributed by atoms with Gasteiger partial charge < -0.3 is 4.74 Å². The summed E-state index contributed by atoms with van der Waals surface area (Å²) in [7, 11) is -3.47. The lowest BCUT2D eigenvalue weighted by Gasteiger charge is -2.24. The number of hydrogen-bond acceptors (Lipinski definition) is 4. The lowest BCUT2D eigenvalue weighted by molar-refractivity contribution is 0.0749. The van der Waals surface area contributed by atoms with Crippen LogP contribution in [0.4, 0.5) is 0 Å². The lowest BCUT2D eigenvalue weighted by Crippen LogP contribution is -2.37. The van der Waals surface area contributed by atoms with E-state index >= 15 is 0 Å².